The Morgan fingerprint density at radius 3 is 2.53 bits per heavy atom. The van der Waals surface area contributed by atoms with E-state index >= 15 is 0 Å². The molecule has 0 aromatic heterocycles. The fourth-order valence-corrected chi connectivity index (χ4v) is 4.96. The predicted molar refractivity (Wildman–Crippen MR) is 143 cm³/mol. The standard InChI is InChI=1S/C26H21FO2.C6H7N/c1-29-21-4-2-3-18(14-21)26(28)19-6-5-16-7-10-23-22-12-9-20(27)13-17(22)8-11-24(23)25(16)15-19;1-2-4-6-7-5-3-1/h2-4,7,9-15,19H,5-6,8H2,1H3;1-7H. The van der Waals surface area contributed by atoms with Gasteiger partial charge in [-0.2, -0.15) is 0 Å². The molecule has 3 nitrogen and oxygen atoms in total. The summed E-state index contributed by atoms with van der Waals surface area (Å²) in [6, 6.07) is 16.7. The van der Waals surface area contributed by atoms with Gasteiger partial charge in [0.25, 0.3) is 0 Å². The predicted octanol–water partition coefficient (Wildman–Crippen LogP) is 5.24. The third-order valence-corrected chi connectivity index (χ3v) is 6.76. The number of ether oxygens (including phenoxy) is 1. The van der Waals surface area contributed by atoms with Crippen molar-refractivity contribution in [3.05, 3.63) is 124 Å². The van der Waals surface area contributed by atoms with Gasteiger partial charge in [-0.25, -0.2) is 4.39 Å². The van der Waals surface area contributed by atoms with E-state index in [0.717, 1.165) is 34.8 Å². The topological polar surface area (TPSA) is 38.3 Å². The maximum Gasteiger partial charge on any atom is 0.169 e. The second-order valence-electron chi connectivity index (χ2n) is 8.99. The number of hydrogen-bond donors (Lipinski definition) is 1. The molecule has 2 aliphatic carbocycles. The Kier molecular flexibility index (Phi) is 6.94. The van der Waals surface area contributed by atoms with E-state index in [1.54, 1.807) is 13.2 Å². The average Bonchev–Trinajstić information content (AvgIpc) is 3.25. The van der Waals surface area contributed by atoms with Gasteiger partial charge in [0.2, 0.25) is 0 Å². The van der Waals surface area contributed by atoms with Crippen LogP contribution < -0.4 is 20.5 Å². The number of Topliss-reactive ketones (excluding diaryl/α,β-unsaturated/α-hetero) is 1. The molecule has 4 heteroatoms. The quantitative estimate of drug-likeness (QED) is 0.525. The summed E-state index contributed by atoms with van der Waals surface area (Å²) in [7, 11) is 1.61. The molecule has 1 unspecified atom stereocenters. The Labute approximate surface area is 210 Å². The summed E-state index contributed by atoms with van der Waals surface area (Å²) >= 11 is 0. The molecule has 3 aromatic rings. The van der Waals surface area contributed by atoms with Crippen LogP contribution in [-0.4, -0.2) is 12.9 Å². The van der Waals surface area contributed by atoms with E-state index in [1.165, 1.54) is 16.8 Å². The maximum atomic E-state index is 13.6. The van der Waals surface area contributed by atoms with E-state index < -0.39 is 0 Å². The number of nitrogens with one attached hydrogen (secondary N) is 1. The molecule has 0 saturated carbocycles. The summed E-state index contributed by atoms with van der Waals surface area (Å²) in [5.41, 5.74) is 5.18. The van der Waals surface area contributed by atoms with Crippen molar-refractivity contribution in [2.75, 3.05) is 7.11 Å². The number of hydrogen-bond acceptors (Lipinski definition) is 3. The van der Waals surface area contributed by atoms with Gasteiger partial charge >= 0.3 is 0 Å². The van der Waals surface area contributed by atoms with Gasteiger partial charge < -0.3 is 10.1 Å². The minimum atomic E-state index is -0.200. The number of carbonyl (C=O) groups excluding carboxylic acids is 1. The van der Waals surface area contributed by atoms with Crippen LogP contribution in [-0.2, 0) is 12.8 Å². The van der Waals surface area contributed by atoms with E-state index in [2.05, 4.69) is 29.6 Å². The molecule has 3 aromatic carbocycles. The molecule has 0 spiro atoms. The van der Waals surface area contributed by atoms with Crippen molar-refractivity contribution in [3.8, 4) is 16.9 Å². The minimum Gasteiger partial charge on any atom is -0.497 e. The summed E-state index contributed by atoms with van der Waals surface area (Å²) in [5, 5.41) is 5.25. The number of carbonyl (C=O) groups is 1. The number of benzene rings is 3. The highest BCUT2D eigenvalue weighted by Gasteiger charge is 2.23. The van der Waals surface area contributed by atoms with Crippen LogP contribution in [0.15, 0.2) is 91.3 Å². The molecule has 1 aliphatic heterocycles. The number of methoxy groups -OCH3 is 1. The van der Waals surface area contributed by atoms with Gasteiger partial charge in [0.1, 0.15) is 11.6 Å². The molecule has 1 atom stereocenters. The molecule has 1 heterocycles. The molecular formula is C32H28FNO2. The first kappa shape index (κ1) is 23.6. The third kappa shape index (κ3) is 4.94. The minimum absolute atomic E-state index is 0.130. The molecule has 6 rings (SSSR count). The Bertz CT molecular complexity index is 1500. The van der Waals surface area contributed by atoms with Gasteiger partial charge in [-0.1, -0.05) is 54.6 Å². The molecule has 0 saturated heterocycles. The summed E-state index contributed by atoms with van der Waals surface area (Å²) in [5.74, 6) is 0.477. The van der Waals surface area contributed by atoms with E-state index in [1.807, 2.05) is 67.0 Å². The van der Waals surface area contributed by atoms with E-state index in [-0.39, 0.29) is 17.5 Å². The van der Waals surface area contributed by atoms with Gasteiger partial charge in [0.05, 0.1) is 7.11 Å². The van der Waals surface area contributed by atoms with Crippen LogP contribution in [0.2, 0.25) is 0 Å². The van der Waals surface area contributed by atoms with Crippen molar-refractivity contribution >= 4 is 17.9 Å². The first-order valence-electron chi connectivity index (χ1n) is 12.2. The smallest absolute Gasteiger partial charge is 0.169 e. The van der Waals surface area contributed by atoms with Gasteiger partial charge in [0, 0.05) is 23.9 Å². The van der Waals surface area contributed by atoms with Crippen molar-refractivity contribution in [2.45, 2.75) is 19.3 Å². The first-order chi connectivity index (χ1) is 17.6. The second kappa shape index (κ2) is 10.6. The third-order valence-electron chi connectivity index (χ3n) is 6.76. The highest BCUT2D eigenvalue weighted by Crippen LogP contribution is 2.27. The van der Waals surface area contributed by atoms with Crippen LogP contribution in [0.25, 0.3) is 23.3 Å². The van der Waals surface area contributed by atoms with Crippen LogP contribution in [0.3, 0.4) is 0 Å². The van der Waals surface area contributed by atoms with Crippen LogP contribution in [0.4, 0.5) is 4.39 Å². The Balaban J connectivity index is 0.000000330. The lowest BCUT2D eigenvalue weighted by molar-refractivity contribution is 0.0946. The van der Waals surface area contributed by atoms with Crippen LogP contribution in [0.1, 0.15) is 27.9 Å². The SMILES string of the molecule is C1=CC=CNC=C1.COc1cccc(C(=O)C2C=c3c(ccc4c3=CCc3cc(F)ccc3-4)CC2)c1. The van der Waals surface area contributed by atoms with Crippen molar-refractivity contribution in [1.82, 2.24) is 5.32 Å². The number of rotatable bonds is 3. The molecule has 36 heavy (non-hydrogen) atoms. The van der Waals surface area contributed by atoms with E-state index in [9.17, 15) is 9.18 Å². The van der Waals surface area contributed by atoms with E-state index in [0.29, 0.717) is 17.7 Å². The zero-order valence-corrected chi connectivity index (χ0v) is 20.2. The van der Waals surface area contributed by atoms with Crippen LogP contribution in [0, 0.1) is 11.7 Å². The van der Waals surface area contributed by atoms with Crippen LogP contribution >= 0.6 is 0 Å². The fraction of sp³-hybridized carbons (Fsp3) is 0.156. The first-order valence-corrected chi connectivity index (χ1v) is 12.2. The zero-order valence-electron chi connectivity index (χ0n) is 20.2. The fourth-order valence-electron chi connectivity index (χ4n) is 4.96. The number of halogens is 1. The molecule has 0 bridgehead atoms. The lowest BCUT2D eigenvalue weighted by Crippen LogP contribution is -2.37. The Hall–Kier alpha value is -4.18. The van der Waals surface area contributed by atoms with Crippen molar-refractivity contribution in [2.24, 2.45) is 5.92 Å². The Morgan fingerprint density at radius 2 is 1.72 bits per heavy atom. The molecule has 0 fully saturated rings. The monoisotopic (exact) mass is 477 g/mol. The number of allylic oxidation sites excluding steroid dienone is 4. The van der Waals surface area contributed by atoms with Crippen LogP contribution in [0.5, 0.6) is 5.75 Å². The molecule has 180 valence electrons. The average molecular weight is 478 g/mol. The van der Waals surface area contributed by atoms with Crippen molar-refractivity contribution < 1.29 is 13.9 Å². The molecule has 0 radical (unpaired) electrons. The molecular weight excluding hydrogens is 449 g/mol. The molecule has 0 amide bonds. The number of fused-ring (bicyclic) bond motifs is 5. The lowest BCUT2D eigenvalue weighted by atomic mass is 9.82. The van der Waals surface area contributed by atoms with Gasteiger partial charge in [-0.05, 0) is 88.4 Å². The van der Waals surface area contributed by atoms with Gasteiger partial charge in [-0.3, -0.25) is 4.79 Å². The summed E-state index contributed by atoms with van der Waals surface area (Å²) < 4.78 is 18.9. The summed E-state index contributed by atoms with van der Waals surface area (Å²) in [6.45, 7) is 0. The van der Waals surface area contributed by atoms with E-state index in [4.69, 9.17) is 4.74 Å². The zero-order chi connectivity index (χ0) is 24.9. The highest BCUT2D eigenvalue weighted by molar-refractivity contribution is 6.01. The number of aryl methyl sites for hydroxylation is 1. The largest absolute Gasteiger partial charge is 0.497 e. The summed E-state index contributed by atoms with van der Waals surface area (Å²) in [4.78, 5) is 13.1. The molecule has 1 N–H and O–H groups in total. The van der Waals surface area contributed by atoms with Gasteiger partial charge in [-0.15, -0.1) is 0 Å². The second-order valence-corrected chi connectivity index (χ2v) is 8.99. The normalized spacial score (nSPS) is 16.4. The number of ketones is 1. The highest BCUT2D eigenvalue weighted by atomic mass is 19.1. The molecule has 3 aliphatic rings. The lowest BCUT2D eigenvalue weighted by Gasteiger charge is -2.21. The van der Waals surface area contributed by atoms with Gasteiger partial charge in [0.15, 0.2) is 5.78 Å². The summed E-state index contributed by atoms with van der Waals surface area (Å²) in [6.07, 6.45) is 18.3. The van der Waals surface area contributed by atoms with Crippen molar-refractivity contribution in [3.63, 3.8) is 0 Å². The maximum absolute atomic E-state index is 13.6. The Morgan fingerprint density at radius 1 is 0.917 bits per heavy atom. The van der Waals surface area contributed by atoms with Crippen molar-refractivity contribution in [1.29, 1.82) is 0 Å².